The fourth-order valence-electron chi connectivity index (χ4n) is 2.16. The number of aromatic amines is 1. The Morgan fingerprint density at radius 3 is 2.88 bits per heavy atom. The van der Waals surface area contributed by atoms with Crippen LogP contribution in [0.2, 0.25) is 0 Å². The first-order valence-corrected chi connectivity index (χ1v) is 5.92. The summed E-state index contributed by atoms with van der Waals surface area (Å²) in [5, 5.41) is 6.61. The standard InChI is InChI=1S/C12H19N3O2/c1-15(9-10-7-13-14-8-10)11(16)6-12(17-2)4-3-5-12/h7-8H,3-6,9H2,1-2H3,(H,13,14). The number of nitrogens with zero attached hydrogens (tertiary/aromatic N) is 2. The lowest BCUT2D eigenvalue weighted by Gasteiger charge is -2.40. The van der Waals surface area contributed by atoms with E-state index in [2.05, 4.69) is 10.2 Å². The molecular formula is C12H19N3O2. The number of amides is 1. The van der Waals surface area contributed by atoms with Gasteiger partial charge < -0.3 is 9.64 Å². The molecule has 2 rings (SSSR count). The highest BCUT2D eigenvalue weighted by Gasteiger charge is 2.39. The van der Waals surface area contributed by atoms with Crippen molar-refractivity contribution in [2.24, 2.45) is 0 Å². The molecule has 0 atom stereocenters. The summed E-state index contributed by atoms with van der Waals surface area (Å²) in [7, 11) is 3.51. The molecule has 0 aromatic carbocycles. The van der Waals surface area contributed by atoms with Gasteiger partial charge in [0, 0.05) is 32.5 Å². The van der Waals surface area contributed by atoms with Gasteiger partial charge in [-0.15, -0.1) is 0 Å². The smallest absolute Gasteiger partial charge is 0.225 e. The third-order valence-electron chi connectivity index (χ3n) is 3.57. The molecule has 0 aliphatic heterocycles. The minimum absolute atomic E-state index is 0.132. The maximum absolute atomic E-state index is 12.1. The molecular weight excluding hydrogens is 218 g/mol. The number of aromatic nitrogens is 2. The molecule has 5 heteroatoms. The summed E-state index contributed by atoms with van der Waals surface area (Å²) in [6.07, 6.45) is 7.17. The van der Waals surface area contributed by atoms with Crippen LogP contribution in [-0.4, -0.2) is 40.8 Å². The Hall–Kier alpha value is -1.36. The van der Waals surface area contributed by atoms with Crippen molar-refractivity contribution in [3.05, 3.63) is 18.0 Å². The topological polar surface area (TPSA) is 58.2 Å². The fraction of sp³-hybridized carbons (Fsp3) is 0.667. The molecule has 0 bridgehead atoms. The van der Waals surface area contributed by atoms with Gasteiger partial charge in [-0.1, -0.05) is 0 Å². The van der Waals surface area contributed by atoms with Crippen molar-refractivity contribution in [2.45, 2.75) is 37.8 Å². The first kappa shape index (κ1) is 12.1. The van der Waals surface area contributed by atoms with Gasteiger partial charge in [0.1, 0.15) is 0 Å². The van der Waals surface area contributed by atoms with Gasteiger partial charge in [-0.25, -0.2) is 0 Å². The molecule has 1 heterocycles. The van der Waals surface area contributed by atoms with Crippen LogP contribution in [0.1, 0.15) is 31.2 Å². The summed E-state index contributed by atoms with van der Waals surface area (Å²) in [6.45, 7) is 0.592. The van der Waals surface area contributed by atoms with E-state index in [-0.39, 0.29) is 11.5 Å². The van der Waals surface area contributed by atoms with Crippen molar-refractivity contribution in [1.29, 1.82) is 0 Å². The van der Waals surface area contributed by atoms with E-state index >= 15 is 0 Å². The molecule has 0 spiro atoms. The Morgan fingerprint density at radius 2 is 2.41 bits per heavy atom. The van der Waals surface area contributed by atoms with Crippen LogP contribution in [0.3, 0.4) is 0 Å². The van der Waals surface area contributed by atoms with Crippen LogP contribution in [-0.2, 0) is 16.1 Å². The molecule has 5 nitrogen and oxygen atoms in total. The van der Waals surface area contributed by atoms with Crippen molar-refractivity contribution < 1.29 is 9.53 Å². The largest absolute Gasteiger partial charge is 0.378 e. The van der Waals surface area contributed by atoms with Gasteiger partial charge in [-0.3, -0.25) is 9.89 Å². The van der Waals surface area contributed by atoms with Crippen molar-refractivity contribution >= 4 is 5.91 Å². The second-order valence-electron chi connectivity index (χ2n) is 4.77. The third kappa shape index (κ3) is 2.66. The van der Waals surface area contributed by atoms with Crippen molar-refractivity contribution in [3.8, 4) is 0 Å². The second-order valence-corrected chi connectivity index (χ2v) is 4.77. The Bertz CT molecular complexity index is 366. The molecule has 1 N–H and O–H groups in total. The fourth-order valence-corrected chi connectivity index (χ4v) is 2.16. The number of hydrogen-bond donors (Lipinski definition) is 1. The van der Waals surface area contributed by atoms with E-state index in [1.54, 1.807) is 24.4 Å². The lowest BCUT2D eigenvalue weighted by atomic mass is 9.77. The molecule has 94 valence electrons. The van der Waals surface area contributed by atoms with E-state index in [1.165, 1.54) is 0 Å². The van der Waals surface area contributed by atoms with Crippen LogP contribution < -0.4 is 0 Å². The average Bonchev–Trinajstić information content (AvgIpc) is 2.75. The highest BCUT2D eigenvalue weighted by atomic mass is 16.5. The predicted molar refractivity (Wildman–Crippen MR) is 63.3 cm³/mol. The Labute approximate surface area is 101 Å². The SMILES string of the molecule is COC1(CC(=O)N(C)Cc2cn[nH]c2)CCC1. The van der Waals surface area contributed by atoms with Gasteiger partial charge in [-0.05, 0) is 19.3 Å². The van der Waals surface area contributed by atoms with Gasteiger partial charge in [0.15, 0.2) is 0 Å². The van der Waals surface area contributed by atoms with Crippen LogP contribution >= 0.6 is 0 Å². The van der Waals surface area contributed by atoms with E-state index in [1.807, 2.05) is 7.05 Å². The zero-order valence-corrected chi connectivity index (χ0v) is 10.4. The molecule has 1 aromatic heterocycles. The Kier molecular flexibility index (Phi) is 3.47. The summed E-state index contributed by atoms with van der Waals surface area (Å²) in [6, 6.07) is 0. The highest BCUT2D eigenvalue weighted by molar-refractivity contribution is 5.77. The monoisotopic (exact) mass is 237 g/mol. The zero-order valence-electron chi connectivity index (χ0n) is 10.4. The molecule has 1 saturated carbocycles. The lowest BCUT2D eigenvalue weighted by Crippen LogP contribution is -2.44. The molecule has 1 amide bonds. The second kappa shape index (κ2) is 4.87. The van der Waals surface area contributed by atoms with Gasteiger partial charge in [0.25, 0.3) is 0 Å². The number of carbonyl (C=O) groups excluding carboxylic acids is 1. The number of methoxy groups -OCH3 is 1. The first-order chi connectivity index (χ1) is 8.15. The number of carbonyl (C=O) groups is 1. The normalized spacial score (nSPS) is 17.5. The lowest BCUT2D eigenvalue weighted by molar-refractivity contribution is -0.143. The molecule has 17 heavy (non-hydrogen) atoms. The number of nitrogens with one attached hydrogen (secondary N) is 1. The van der Waals surface area contributed by atoms with Gasteiger partial charge >= 0.3 is 0 Å². The summed E-state index contributed by atoms with van der Waals surface area (Å²) in [5.74, 6) is 0.132. The molecule has 1 aliphatic rings. The van der Waals surface area contributed by atoms with Gasteiger partial charge in [0.2, 0.25) is 5.91 Å². The molecule has 0 saturated heterocycles. The van der Waals surface area contributed by atoms with Crippen molar-refractivity contribution in [3.63, 3.8) is 0 Å². The van der Waals surface area contributed by atoms with Crippen LogP contribution in [0.25, 0.3) is 0 Å². The number of ether oxygens (including phenoxy) is 1. The summed E-state index contributed by atoms with van der Waals surface area (Å²) in [5.41, 5.74) is 0.822. The zero-order chi connectivity index (χ0) is 12.3. The number of rotatable bonds is 5. The Morgan fingerprint density at radius 1 is 1.65 bits per heavy atom. The molecule has 1 fully saturated rings. The van der Waals surface area contributed by atoms with Crippen LogP contribution in [0.5, 0.6) is 0 Å². The van der Waals surface area contributed by atoms with E-state index in [9.17, 15) is 4.79 Å². The minimum atomic E-state index is -0.193. The maximum Gasteiger partial charge on any atom is 0.225 e. The van der Waals surface area contributed by atoms with Crippen LogP contribution in [0, 0.1) is 0 Å². The maximum atomic E-state index is 12.1. The summed E-state index contributed by atoms with van der Waals surface area (Å²) >= 11 is 0. The van der Waals surface area contributed by atoms with E-state index in [0.29, 0.717) is 13.0 Å². The third-order valence-corrected chi connectivity index (χ3v) is 3.57. The van der Waals surface area contributed by atoms with Crippen molar-refractivity contribution in [1.82, 2.24) is 15.1 Å². The molecule has 0 radical (unpaired) electrons. The Balaban J connectivity index is 1.87. The number of hydrogen-bond acceptors (Lipinski definition) is 3. The quantitative estimate of drug-likeness (QED) is 0.840. The minimum Gasteiger partial charge on any atom is -0.378 e. The first-order valence-electron chi connectivity index (χ1n) is 5.92. The van der Waals surface area contributed by atoms with E-state index in [0.717, 1.165) is 24.8 Å². The van der Waals surface area contributed by atoms with Crippen molar-refractivity contribution in [2.75, 3.05) is 14.2 Å². The summed E-state index contributed by atoms with van der Waals surface area (Å²) < 4.78 is 5.46. The summed E-state index contributed by atoms with van der Waals surface area (Å²) in [4.78, 5) is 13.8. The molecule has 1 aliphatic carbocycles. The average molecular weight is 237 g/mol. The molecule has 0 unspecified atom stereocenters. The predicted octanol–water partition coefficient (Wildman–Crippen LogP) is 1.33. The number of H-pyrrole nitrogens is 1. The van der Waals surface area contributed by atoms with E-state index < -0.39 is 0 Å². The highest BCUT2D eigenvalue weighted by Crippen LogP contribution is 2.38. The van der Waals surface area contributed by atoms with Gasteiger partial charge in [-0.2, -0.15) is 5.10 Å². The van der Waals surface area contributed by atoms with Gasteiger partial charge in [0.05, 0.1) is 18.2 Å². The van der Waals surface area contributed by atoms with Crippen LogP contribution in [0.4, 0.5) is 0 Å². The van der Waals surface area contributed by atoms with Crippen LogP contribution in [0.15, 0.2) is 12.4 Å². The molecule has 1 aromatic rings. The van der Waals surface area contributed by atoms with E-state index in [4.69, 9.17) is 4.74 Å².